The van der Waals surface area contributed by atoms with E-state index in [0.29, 0.717) is 5.82 Å². The number of carbonyl (C=O) groups excluding carboxylic acids is 2. The number of anilines is 1. The predicted molar refractivity (Wildman–Crippen MR) is 138 cm³/mol. The standard InChI is InChI=1S/C29H27FN4O4/c30-24-16-34(28(36)17-35)11-9-26(24)38-25-7-6-19(12-21(25)15-31)20-8-10-32-27(13-20)33-29(37)23-14-22(23)18-4-2-1-3-5-18/h1-8,10,12-13,22-24,26,35H,9,11,14,16-17H2,(H,32,33,37)/t22?,23-,24-,26+/m1/s1. The number of nitrogens with zero attached hydrogens (tertiary/aromatic N) is 3. The van der Waals surface area contributed by atoms with Crippen LogP contribution < -0.4 is 10.1 Å². The van der Waals surface area contributed by atoms with E-state index in [1.54, 1.807) is 36.5 Å². The molecule has 1 aliphatic heterocycles. The molecule has 2 amide bonds. The van der Waals surface area contributed by atoms with Crippen LogP contribution in [0.15, 0.2) is 66.9 Å². The molecule has 5 rings (SSSR count). The molecule has 4 atom stereocenters. The van der Waals surface area contributed by atoms with Crippen molar-refractivity contribution in [2.75, 3.05) is 25.0 Å². The summed E-state index contributed by atoms with van der Waals surface area (Å²) in [5.41, 5.74) is 2.88. The van der Waals surface area contributed by atoms with Crippen LogP contribution in [0.25, 0.3) is 11.1 Å². The number of aromatic nitrogens is 1. The first-order valence-electron chi connectivity index (χ1n) is 12.5. The van der Waals surface area contributed by atoms with Gasteiger partial charge in [0.25, 0.3) is 0 Å². The van der Waals surface area contributed by atoms with Gasteiger partial charge in [-0.3, -0.25) is 9.59 Å². The van der Waals surface area contributed by atoms with Crippen LogP contribution in [-0.4, -0.2) is 58.8 Å². The number of nitrogens with one attached hydrogen (secondary N) is 1. The third-order valence-corrected chi connectivity index (χ3v) is 7.05. The van der Waals surface area contributed by atoms with Crippen LogP contribution in [0.3, 0.4) is 0 Å². The van der Waals surface area contributed by atoms with Crippen LogP contribution in [0.5, 0.6) is 5.75 Å². The third-order valence-electron chi connectivity index (χ3n) is 7.05. The first kappa shape index (κ1) is 25.4. The van der Waals surface area contributed by atoms with Gasteiger partial charge in [0, 0.05) is 25.1 Å². The SMILES string of the molecule is N#Cc1cc(-c2ccnc(NC(=O)[C@@H]3CC3c3ccccc3)c2)ccc1O[C@H]1CCN(C(=O)CO)C[C@H]1F. The molecular weight excluding hydrogens is 487 g/mol. The summed E-state index contributed by atoms with van der Waals surface area (Å²) in [6.45, 7) is -0.557. The van der Waals surface area contributed by atoms with Crippen LogP contribution in [0.4, 0.5) is 10.2 Å². The lowest BCUT2D eigenvalue weighted by Gasteiger charge is -2.34. The lowest BCUT2D eigenvalue weighted by Crippen LogP contribution is -2.50. The highest BCUT2D eigenvalue weighted by Gasteiger charge is 2.44. The molecule has 0 spiro atoms. The summed E-state index contributed by atoms with van der Waals surface area (Å²) in [6, 6.07) is 20.6. The van der Waals surface area contributed by atoms with Crippen molar-refractivity contribution < 1.29 is 23.8 Å². The quantitative estimate of drug-likeness (QED) is 0.497. The van der Waals surface area contributed by atoms with Gasteiger partial charge in [0.1, 0.15) is 30.3 Å². The fourth-order valence-electron chi connectivity index (χ4n) is 4.86. The highest BCUT2D eigenvalue weighted by atomic mass is 19.1. The van der Waals surface area contributed by atoms with Gasteiger partial charge < -0.3 is 20.1 Å². The van der Waals surface area contributed by atoms with Crippen molar-refractivity contribution in [1.29, 1.82) is 5.26 Å². The average molecular weight is 515 g/mol. The van der Waals surface area contributed by atoms with E-state index in [-0.39, 0.29) is 48.6 Å². The second-order valence-corrected chi connectivity index (χ2v) is 9.56. The van der Waals surface area contributed by atoms with Crippen LogP contribution in [0, 0.1) is 17.2 Å². The smallest absolute Gasteiger partial charge is 0.248 e. The average Bonchev–Trinajstić information content (AvgIpc) is 3.76. The molecule has 8 nitrogen and oxygen atoms in total. The number of ether oxygens (including phenoxy) is 1. The molecule has 2 N–H and O–H groups in total. The maximum atomic E-state index is 14.7. The van der Waals surface area contributed by atoms with E-state index in [9.17, 15) is 19.2 Å². The number of benzene rings is 2. The van der Waals surface area contributed by atoms with E-state index >= 15 is 0 Å². The van der Waals surface area contributed by atoms with Gasteiger partial charge in [0.15, 0.2) is 6.17 Å². The number of aliphatic hydroxyl groups is 1. The molecule has 2 heterocycles. The van der Waals surface area contributed by atoms with Gasteiger partial charge in [-0.1, -0.05) is 36.4 Å². The minimum absolute atomic E-state index is 0.0718. The van der Waals surface area contributed by atoms with Crippen molar-refractivity contribution >= 4 is 17.6 Å². The van der Waals surface area contributed by atoms with Gasteiger partial charge in [0.2, 0.25) is 11.8 Å². The Morgan fingerprint density at radius 1 is 1.16 bits per heavy atom. The molecule has 1 aromatic heterocycles. The van der Waals surface area contributed by atoms with Crippen molar-refractivity contribution in [3.63, 3.8) is 0 Å². The minimum Gasteiger partial charge on any atom is -0.486 e. The molecular formula is C29H27FN4O4. The van der Waals surface area contributed by atoms with Crippen LogP contribution in [0.2, 0.25) is 0 Å². The lowest BCUT2D eigenvalue weighted by atomic mass is 10.0. The van der Waals surface area contributed by atoms with Gasteiger partial charge in [-0.25, -0.2) is 9.37 Å². The highest BCUT2D eigenvalue weighted by Crippen LogP contribution is 2.47. The fraction of sp³-hybridized carbons (Fsp3) is 0.310. The highest BCUT2D eigenvalue weighted by molar-refractivity contribution is 5.95. The van der Waals surface area contributed by atoms with Gasteiger partial charge in [-0.2, -0.15) is 5.26 Å². The maximum absolute atomic E-state index is 14.7. The summed E-state index contributed by atoms with van der Waals surface area (Å²) in [4.78, 5) is 30.0. The molecule has 3 aromatic rings. The Hall–Kier alpha value is -4.29. The molecule has 38 heavy (non-hydrogen) atoms. The summed E-state index contributed by atoms with van der Waals surface area (Å²) in [5.74, 6) is 0.226. The van der Waals surface area contributed by atoms with Crippen LogP contribution in [0.1, 0.15) is 29.9 Å². The lowest BCUT2D eigenvalue weighted by molar-refractivity contribution is -0.138. The summed E-state index contributed by atoms with van der Waals surface area (Å²) >= 11 is 0. The zero-order valence-corrected chi connectivity index (χ0v) is 20.6. The van der Waals surface area contributed by atoms with Crippen LogP contribution in [-0.2, 0) is 9.59 Å². The Morgan fingerprint density at radius 3 is 2.68 bits per heavy atom. The molecule has 194 valence electrons. The second kappa shape index (κ2) is 11.0. The number of piperidine rings is 1. The molecule has 1 saturated carbocycles. The Balaban J connectivity index is 1.25. The molecule has 0 radical (unpaired) electrons. The molecule has 9 heteroatoms. The van der Waals surface area contributed by atoms with Crippen molar-refractivity contribution in [2.24, 2.45) is 5.92 Å². The predicted octanol–water partition coefficient (Wildman–Crippen LogP) is 3.67. The number of alkyl halides is 1. The summed E-state index contributed by atoms with van der Waals surface area (Å²) in [6.07, 6.45) is 0.404. The molecule has 1 aliphatic carbocycles. The van der Waals surface area contributed by atoms with Crippen LogP contribution >= 0.6 is 0 Å². The largest absolute Gasteiger partial charge is 0.486 e. The van der Waals surface area contributed by atoms with Gasteiger partial charge in [-0.15, -0.1) is 0 Å². The number of carbonyl (C=O) groups is 2. The monoisotopic (exact) mass is 514 g/mol. The third kappa shape index (κ3) is 5.50. The van der Waals surface area contributed by atoms with Gasteiger partial charge in [-0.05, 0) is 53.3 Å². The maximum Gasteiger partial charge on any atom is 0.248 e. The number of pyridine rings is 1. The molecule has 1 unspecified atom stereocenters. The molecule has 0 bridgehead atoms. The molecule has 2 aromatic carbocycles. The number of rotatable bonds is 7. The number of halogens is 1. The number of amides is 2. The number of likely N-dealkylation sites (tertiary alicyclic amines) is 1. The summed E-state index contributed by atoms with van der Waals surface area (Å²) < 4.78 is 20.5. The summed E-state index contributed by atoms with van der Waals surface area (Å²) in [7, 11) is 0. The van der Waals surface area contributed by atoms with Crippen molar-refractivity contribution in [3.8, 4) is 22.9 Å². The van der Waals surface area contributed by atoms with E-state index < -0.39 is 24.8 Å². The van der Waals surface area contributed by atoms with E-state index in [1.165, 1.54) is 4.90 Å². The number of hydrogen-bond donors (Lipinski definition) is 2. The molecule has 1 saturated heterocycles. The first-order chi connectivity index (χ1) is 18.5. The Labute approximate surface area is 219 Å². The Bertz CT molecular complexity index is 1380. The van der Waals surface area contributed by atoms with E-state index in [4.69, 9.17) is 9.84 Å². The zero-order valence-electron chi connectivity index (χ0n) is 20.6. The number of aliphatic hydroxyl groups excluding tert-OH is 1. The molecule has 2 fully saturated rings. The summed E-state index contributed by atoms with van der Waals surface area (Å²) in [5, 5.41) is 21.6. The van der Waals surface area contributed by atoms with Gasteiger partial charge >= 0.3 is 0 Å². The van der Waals surface area contributed by atoms with E-state index in [2.05, 4.69) is 16.4 Å². The Morgan fingerprint density at radius 2 is 1.95 bits per heavy atom. The fourth-order valence-corrected chi connectivity index (χ4v) is 4.86. The topological polar surface area (TPSA) is 116 Å². The van der Waals surface area contributed by atoms with Crippen molar-refractivity contribution in [2.45, 2.75) is 31.0 Å². The van der Waals surface area contributed by atoms with Crippen molar-refractivity contribution in [1.82, 2.24) is 9.88 Å². The van der Waals surface area contributed by atoms with Crippen molar-refractivity contribution in [3.05, 3.63) is 78.0 Å². The normalized spacial score (nSPS) is 22.3. The first-order valence-corrected chi connectivity index (χ1v) is 12.5. The Kier molecular flexibility index (Phi) is 7.33. The minimum atomic E-state index is -1.44. The van der Waals surface area contributed by atoms with Gasteiger partial charge in [0.05, 0.1) is 12.1 Å². The van der Waals surface area contributed by atoms with E-state index in [0.717, 1.165) is 23.1 Å². The number of hydrogen-bond acceptors (Lipinski definition) is 6. The molecule has 2 aliphatic rings. The van der Waals surface area contributed by atoms with E-state index in [1.807, 2.05) is 30.3 Å². The number of nitriles is 1. The zero-order chi connectivity index (χ0) is 26.6. The second-order valence-electron chi connectivity index (χ2n) is 9.56.